The van der Waals surface area contributed by atoms with E-state index < -0.39 is 17.8 Å². The monoisotopic (exact) mass is 530 g/mol. The zero-order chi connectivity index (χ0) is 26.1. The zero-order valence-corrected chi connectivity index (χ0v) is 21.7. The molecule has 2 amide bonds. The molecule has 0 aromatic heterocycles. The molecule has 0 saturated carbocycles. The number of hydrogen-bond acceptors (Lipinski definition) is 3. The van der Waals surface area contributed by atoms with Gasteiger partial charge in [0.05, 0.1) is 0 Å². The van der Waals surface area contributed by atoms with E-state index in [1.807, 2.05) is 44.2 Å². The number of rotatable bonds is 11. The summed E-state index contributed by atoms with van der Waals surface area (Å²) in [6, 6.07) is 19.1. The van der Waals surface area contributed by atoms with Crippen LogP contribution in [0.15, 0.2) is 72.8 Å². The fourth-order valence-electron chi connectivity index (χ4n) is 3.57. The van der Waals surface area contributed by atoms with E-state index in [1.54, 1.807) is 18.2 Å². The van der Waals surface area contributed by atoms with Gasteiger partial charge >= 0.3 is 0 Å². The zero-order valence-electron chi connectivity index (χ0n) is 20.2. The third-order valence-corrected chi connectivity index (χ3v) is 6.07. The molecule has 0 radical (unpaired) electrons. The lowest BCUT2D eigenvalue weighted by Crippen LogP contribution is -2.52. The highest BCUT2D eigenvalue weighted by Gasteiger charge is 2.31. The summed E-state index contributed by atoms with van der Waals surface area (Å²) < 4.78 is 18.9. The van der Waals surface area contributed by atoms with Gasteiger partial charge < -0.3 is 15.0 Å². The van der Waals surface area contributed by atoms with Crippen molar-refractivity contribution < 1.29 is 18.7 Å². The molecule has 0 saturated heterocycles. The molecule has 0 bridgehead atoms. The number of amides is 2. The number of carbonyl (C=O) groups is 2. The molecule has 8 heteroatoms. The van der Waals surface area contributed by atoms with Gasteiger partial charge in [0.2, 0.25) is 5.91 Å². The Kier molecular flexibility index (Phi) is 10.1. The molecule has 190 valence electrons. The number of carbonyl (C=O) groups excluding carboxylic acids is 2. The largest absolute Gasteiger partial charge is 0.484 e. The van der Waals surface area contributed by atoms with Crippen LogP contribution in [0.4, 0.5) is 4.39 Å². The summed E-state index contributed by atoms with van der Waals surface area (Å²) in [5.74, 6) is -0.503. The summed E-state index contributed by atoms with van der Waals surface area (Å²) in [7, 11) is 0. The van der Waals surface area contributed by atoms with E-state index in [4.69, 9.17) is 27.9 Å². The van der Waals surface area contributed by atoms with Crippen molar-refractivity contribution in [2.45, 2.75) is 32.9 Å². The van der Waals surface area contributed by atoms with Crippen molar-refractivity contribution in [3.8, 4) is 5.75 Å². The number of nitrogens with zero attached hydrogens (tertiary/aromatic N) is 1. The summed E-state index contributed by atoms with van der Waals surface area (Å²) in [5, 5.41) is 3.82. The van der Waals surface area contributed by atoms with E-state index in [9.17, 15) is 14.0 Å². The van der Waals surface area contributed by atoms with Crippen LogP contribution in [0.3, 0.4) is 0 Å². The van der Waals surface area contributed by atoms with E-state index in [0.717, 1.165) is 5.56 Å². The Hall–Kier alpha value is -3.09. The molecule has 0 fully saturated rings. The van der Waals surface area contributed by atoms with Gasteiger partial charge in [-0.25, -0.2) is 4.39 Å². The highest BCUT2D eigenvalue weighted by atomic mass is 35.5. The van der Waals surface area contributed by atoms with Crippen molar-refractivity contribution in [3.05, 3.63) is 99.8 Å². The molecular formula is C28H29Cl2FN2O3. The maximum atomic E-state index is 13.5. The van der Waals surface area contributed by atoms with Crippen LogP contribution in [0.2, 0.25) is 10.0 Å². The van der Waals surface area contributed by atoms with Crippen molar-refractivity contribution in [3.63, 3.8) is 0 Å². The normalized spacial score (nSPS) is 11.7. The molecule has 5 nitrogen and oxygen atoms in total. The molecule has 3 aromatic carbocycles. The molecule has 0 aliphatic rings. The lowest BCUT2D eigenvalue weighted by atomic mass is 10.0. The first-order valence-electron chi connectivity index (χ1n) is 11.7. The molecule has 0 aliphatic carbocycles. The Labute approximate surface area is 221 Å². The first-order chi connectivity index (χ1) is 17.2. The van der Waals surface area contributed by atoms with Crippen LogP contribution in [0, 0.1) is 11.7 Å². The lowest BCUT2D eigenvalue weighted by Gasteiger charge is -2.32. The van der Waals surface area contributed by atoms with Crippen molar-refractivity contribution in [2.24, 2.45) is 5.92 Å². The van der Waals surface area contributed by atoms with Crippen LogP contribution in [0.25, 0.3) is 0 Å². The average molecular weight is 531 g/mol. The molecule has 0 heterocycles. The fraction of sp³-hybridized carbons (Fsp3) is 0.286. The Morgan fingerprint density at radius 1 is 1.00 bits per heavy atom. The quantitative estimate of drug-likeness (QED) is 0.334. The number of nitrogens with one attached hydrogen (secondary N) is 1. The Balaban J connectivity index is 1.92. The molecule has 3 aromatic rings. The van der Waals surface area contributed by atoms with Gasteiger partial charge in [-0.3, -0.25) is 9.59 Å². The van der Waals surface area contributed by atoms with Crippen LogP contribution < -0.4 is 10.1 Å². The average Bonchev–Trinajstić information content (AvgIpc) is 2.86. The SMILES string of the molecule is CC(C)CNC(=O)[C@H](Cc1ccccc1)N(Cc1ccc(Cl)cc1Cl)C(=O)COc1ccc(F)cc1. The second-order valence-electron chi connectivity index (χ2n) is 8.84. The van der Waals surface area contributed by atoms with E-state index >= 15 is 0 Å². The van der Waals surface area contributed by atoms with Gasteiger partial charge in [-0.2, -0.15) is 0 Å². The minimum absolute atomic E-state index is 0.0776. The number of ether oxygens (including phenoxy) is 1. The maximum Gasteiger partial charge on any atom is 0.261 e. The minimum atomic E-state index is -0.817. The molecule has 0 unspecified atom stereocenters. The van der Waals surface area contributed by atoms with E-state index in [0.29, 0.717) is 34.3 Å². The summed E-state index contributed by atoms with van der Waals surface area (Å²) >= 11 is 12.5. The molecular weight excluding hydrogens is 502 g/mol. The first kappa shape index (κ1) is 27.5. The van der Waals surface area contributed by atoms with Crippen LogP contribution in [0.5, 0.6) is 5.75 Å². The Morgan fingerprint density at radius 3 is 2.33 bits per heavy atom. The maximum absolute atomic E-state index is 13.5. The van der Waals surface area contributed by atoms with Gasteiger partial charge in [0.15, 0.2) is 6.61 Å². The van der Waals surface area contributed by atoms with Gasteiger partial charge in [-0.1, -0.05) is 73.4 Å². The van der Waals surface area contributed by atoms with Crippen LogP contribution in [-0.4, -0.2) is 35.9 Å². The third kappa shape index (κ3) is 8.25. The predicted octanol–water partition coefficient (Wildman–Crippen LogP) is 5.92. The standard InChI is InChI=1S/C28H29Cl2FN2O3/c1-19(2)16-32-28(35)26(14-20-6-4-3-5-7-20)33(17-21-8-9-22(29)15-25(21)30)27(34)18-36-24-12-10-23(31)11-13-24/h3-13,15,19,26H,14,16-18H2,1-2H3,(H,32,35)/t26-/m0/s1. The summed E-state index contributed by atoms with van der Waals surface area (Å²) in [5.41, 5.74) is 1.55. The molecule has 0 spiro atoms. The van der Waals surface area contributed by atoms with Crippen molar-refractivity contribution >= 4 is 35.0 Å². The van der Waals surface area contributed by atoms with Gasteiger partial charge in [0.25, 0.3) is 5.91 Å². The van der Waals surface area contributed by atoms with Gasteiger partial charge in [-0.05, 0) is 53.4 Å². The smallest absolute Gasteiger partial charge is 0.261 e. The van der Waals surface area contributed by atoms with Crippen molar-refractivity contribution in [2.75, 3.05) is 13.2 Å². The summed E-state index contributed by atoms with van der Waals surface area (Å²) in [4.78, 5) is 28.4. The van der Waals surface area contributed by atoms with E-state index in [-0.39, 0.29) is 25.0 Å². The Bertz CT molecular complexity index is 1160. The molecule has 1 N–H and O–H groups in total. The van der Waals surface area contributed by atoms with Gasteiger partial charge in [0, 0.05) is 29.6 Å². The number of hydrogen-bond donors (Lipinski definition) is 1. The summed E-state index contributed by atoms with van der Waals surface area (Å²) in [6.07, 6.45) is 0.304. The second kappa shape index (κ2) is 13.3. The van der Waals surface area contributed by atoms with Crippen LogP contribution in [0.1, 0.15) is 25.0 Å². The molecule has 0 aliphatic heterocycles. The second-order valence-corrected chi connectivity index (χ2v) is 9.69. The van der Waals surface area contributed by atoms with E-state index in [1.165, 1.54) is 29.2 Å². The highest BCUT2D eigenvalue weighted by molar-refractivity contribution is 6.35. The van der Waals surface area contributed by atoms with Crippen molar-refractivity contribution in [1.82, 2.24) is 10.2 Å². The fourth-order valence-corrected chi connectivity index (χ4v) is 4.04. The van der Waals surface area contributed by atoms with Crippen LogP contribution >= 0.6 is 23.2 Å². The molecule has 1 atom stereocenters. The minimum Gasteiger partial charge on any atom is -0.484 e. The molecule has 3 rings (SSSR count). The van der Waals surface area contributed by atoms with Gasteiger partial charge in [0.1, 0.15) is 17.6 Å². The summed E-state index contributed by atoms with van der Waals surface area (Å²) in [6.45, 7) is 4.21. The predicted molar refractivity (Wildman–Crippen MR) is 141 cm³/mol. The Morgan fingerprint density at radius 2 is 1.69 bits per heavy atom. The molecule has 36 heavy (non-hydrogen) atoms. The highest BCUT2D eigenvalue weighted by Crippen LogP contribution is 2.24. The number of halogens is 3. The number of benzene rings is 3. The van der Waals surface area contributed by atoms with Crippen molar-refractivity contribution in [1.29, 1.82) is 0 Å². The van der Waals surface area contributed by atoms with E-state index in [2.05, 4.69) is 5.32 Å². The van der Waals surface area contributed by atoms with Crippen LogP contribution in [-0.2, 0) is 22.6 Å². The topological polar surface area (TPSA) is 58.6 Å². The lowest BCUT2D eigenvalue weighted by molar-refractivity contribution is -0.142. The van der Waals surface area contributed by atoms with Gasteiger partial charge in [-0.15, -0.1) is 0 Å². The third-order valence-electron chi connectivity index (χ3n) is 5.49. The first-order valence-corrected chi connectivity index (χ1v) is 12.4.